The van der Waals surface area contributed by atoms with E-state index in [-0.39, 0.29) is 25.7 Å². The standard InChI is InChI=1S/C27H20N3O.C18H24NSi.Ir/c1-16-8-6-9-17(2)24(16)30-23-13-5-4-12-22(23)29-26(30)21-11-7-10-19-20-15-14-18(3)28-27(20)31-25(19)21;1-13(2)16-11-17(15-9-7-14(3)8-10-15)19-12-18(16)20(4,5)6;/h4-10,12-15H,1-3H3;7-9,11-13H,1-6H3;/q2*-1;/i;3D3,13D;. The van der Waals surface area contributed by atoms with Gasteiger partial charge in [0.1, 0.15) is 0 Å². The average molecular weight is 881 g/mol. The van der Waals surface area contributed by atoms with Gasteiger partial charge in [-0.3, -0.25) is 4.98 Å². The third-order valence-electron chi connectivity index (χ3n) is 9.22. The van der Waals surface area contributed by atoms with Crippen LogP contribution in [0.5, 0.6) is 0 Å². The first-order valence-electron chi connectivity index (χ1n) is 19.2. The topological polar surface area (TPSA) is 56.7 Å². The molecule has 0 aliphatic rings. The predicted octanol–water partition coefficient (Wildman–Crippen LogP) is 11.2. The Morgan fingerprint density at radius 3 is 2.33 bits per heavy atom. The van der Waals surface area contributed by atoms with Gasteiger partial charge in [0, 0.05) is 48.6 Å². The van der Waals surface area contributed by atoms with Crippen molar-refractivity contribution in [2.75, 3.05) is 0 Å². The van der Waals surface area contributed by atoms with E-state index >= 15 is 0 Å². The van der Waals surface area contributed by atoms with Crippen LogP contribution in [0.25, 0.3) is 61.4 Å². The number of fused-ring (bicyclic) bond motifs is 4. The number of para-hydroxylation sites is 3. The van der Waals surface area contributed by atoms with Crippen LogP contribution >= 0.6 is 0 Å². The Kier molecular flexibility index (Phi) is 9.07. The van der Waals surface area contributed by atoms with Crippen molar-refractivity contribution in [3.05, 3.63) is 137 Å². The van der Waals surface area contributed by atoms with Gasteiger partial charge in [-0.1, -0.05) is 93.3 Å². The first-order chi connectivity index (χ1) is 25.9. The van der Waals surface area contributed by atoms with Crippen LogP contribution in [-0.2, 0) is 20.1 Å². The van der Waals surface area contributed by atoms with E-state index in [0.29, 0.717) is 5.71 Å². The molecule has 0 saturated heterocycles. The second-order valence-corrected chi connectivity index (χ2v) is 19.4. The fourth-order valence-electron chi connectivity index (χ4n) is 6.66. The molecule has 4 aromatic carbocycles. The Balaban J connectivity index is 0.000000194. The minimum Gasteiger partial charge on any atom is -0.486 e. The Morgan fingerprint density at radius 1 is 0.865 bits per heavy atom. The van der Waals surface area contributed by atoms with Crippen molar-refractivity contribution in [3.8, 4) is 28.3 Å². The maximum absolute atomic E-state index is 8.48. The van der Waals surface area contributed by atoms with Gasteiger partial charge < -0.3 is 14.0 Å². The number of furan rings is 1. The zero-order valence-electron chi connectivity index (χ0n) is 34.8. The van der Waals surface area contributed by atoms with Crippen molar-refractivity contribution in [1.82, 2.24) is 19.5 Å². The molecular weight excluding hydrogens is 833 g/mol. The van der Waals surface area contributed by atoms with Crippen molar-refractivity contribution < 1.29 is 30.0 Å². The molecule has 0 atom stereocenters. The number of imidazole rings is 1. The van der Waals surface area contributed by atoms with Crippen LogP contribution < -0.4 is 5.19 Å². The molecule has 4 heterocycles. The zero-order chi connectivity index (χ0) is 39.4. The quantitative estimate of drug-likeness (QED) is 0.128. The molecule has 0 amide bonds. The van der Waals surface area contributed by atoms with Gasteiger partial charge in [0.2, 0.25) is 5.71 Å². The fourth-order valence-corrected chi connectivity index (χ4v) is 8.24. The van der Waals surface area contributed by atoms with Crippen molar-refractivity contribution in [3.63, 3.8) is 0 Å². The summed E-state index contributed by atoms with van der Waals surface area (Å²) in [5.74, 6) is 0.103. The summed E-state index contributed by atoms with van der Waals surface area (Å²) in [6.07, 6.45) is 1.89. The van der Waals surface area contributed by atoms with E-state index in [2.05, 4.69) is 96.6 Å². The summed E-state index contributed by atoms with van der Waals surface area (Å²) < 4.78 is 39.3. The van der Waals surface area contributed by atoms with Crippen LogP contribution in [-0.4, -0.2) is 27.6 Å². The molecule has 4 aromatic heterocycles. The second kappa shape index (κ2) is 14.7. The van der Waals surface area contributed by atoms with Gasteiger partial charge in [-0.25, -0.2) is 4.98 Å². The normalized spacial score (nSPS) is 13.2. The van der Waals surface area contributed by atoms with Crippen molar-refractivity contribution in [2.45, 2.75) is 67.0 Å². The molecule has 1 radical (unpaired) electrons. The molecule has 8 aromatic rings. The first kappa shape index (κ1) is 32.0. The first-order valence-corrected chi connectivity index (χ1v) is 20.7. The summed E-state index contributed by atoms with van der Waals surface area (Å²) in [4.78, 5) is 14.2. The van der Waals surface area contributed by atoms with Crippen LogP contribution in [0.4, 0.5) is 0 Å². The zero-order valence-corrected chi connectivity index (χ0v) is 34.2. The summed E-state index contributed by atoms with van der Waals surface area (Å²) in [6.45, 7) is 14.6. The summed E-state index contributed by atoms with van der Waals surface area (Å²) in [5.41, 5.74) is 11.4. The average Bonchev–Trinajstić information content (AvgIpc) is 3.69. The van der Waals surface area contributed by atoms with Crippen molar-refractivity contribution in [1.29, 1.82) is 0 Å². The van der Waals surface area contributed by atoms with Crippen molar-refractivity contribution in [2.24, 2.45) is 0 Å². The van der Waals surface area contributed by atoms with E-state index in [1.54, 1.807) is 12.1 Å². The minimum absolute atomic E-state index is 0. The molecule has 8 rings (SSSR count). The molecule has 0 aliphatic carbocycles. The largest absolute Gasteiger partial charge is 0.486 e. The second-order valence-electron chi connectivity index (χ2n) is 14.4. The molecule has 0 bridgehead atoms. The SMILES string of the molecule is Cc1ccc2c(n1)oc1c(-c3nc4ccccc4n3-c3c(C)cccc3C)[c-]ccc12.[2H]C([2H])([2H])c1c[c-]c(-c2cc(C([2H])(C)C)c([Si](C)(C)C)cn2)cc1.[Ir]. The maximum atomic E-state index is 8.48. The number of benzene rings is 4. The van der Waals surface area contributed by atoms with E-state index in [1.165, 1.54) is 22.4 Å². The van der Waals surface area contributed by atoms with Gasteiger partial charge in [-0.05, 0) is 72.9 Å². The smallest absolute Gasteiger partial charge is 0.216 e. The van der Waals surface area contributed by atoms with Crippen LogP contribution in [0, 0.1) is 39.8 Å². The minimum atomic E-state index is -2.13. The number of rotatable bonds is 5. The summed E-state index contributed by atoms with van der Waals surface area (Å²) in [5, 5.41) is 3.22. The third kappa shape index (κ3) is 7.05. The molecule has 5 nitrogen and oxygen atoms in total. The molecule has 0 spiro atoms. The number of nitrogens with zero attached hydrogens (tertiary/aromatic N) is 4. The summed E-state index contributed by atoms with van der Waals surface area (Å²) in [7, 11) is -1.61. The molecule has 265 valence electrons. The van der Waals surface area contributed by atoms with Gasteiger partial charge >= 0.3 is 0 Å². The Morgan fingerprint density at radius 2 is 1.63 bits per heavy atom. The van der Waals surface area contributed by atoms with Gasteiger partial charge in [0.25, 0.3) is 0 Å². The van der Waals surface area contributed by atoms with Crippen LogP contribution in [0.15, 0.2) is 102 Å². The van der Waals surface area contributed by atoms with E-state index in [0.717, 1.165) is 67.0 Å². The molecule has 0 aliphatic heterocycles. The third-order valence-corrected chi connectivity index (χ3v) is 11.2. The number of aromatic nitrogens is 4. The number of pyridine rings is 2. The Hall–Kier alpha value is -4.68. The van der Waals surface area contributed by atoms with Gasteiger partial charge in [0.05, 0.1) is 30.5 Å². The van der Waals surface area contributed by atoms with Crippen LogP contribution in [0.3, 0.4) is 0 Å². The van der Waals surface area contributed by atoms with Gasteiger partial charge in [0.15, 0.2) is 0 Å². The predicted molar refractivity (Wildman–Crippen MR) is 215 cm³/mol. The van der Waals surface area contributed by atoms with Crippen LogP contribution in [0.1, 0.15) is 53.2 Å². The molecule has 52 heavy (non-hydrogen) atoms. The van der Waals surface area contributed by atoms with E-state index in [1.807, 2.05) is 63.4 Å². The number of aryl methyl sites for hydroxylation is 4. The van der Waals surface area contributed by atoms with Crippen LogP contribution in [0.2, 0.25) is 19.6 Å². The fraction of sp³-hybridized carbons (Fsp3) is 0.222. The maximum Gasteiger partial charge on any atom is 0.216 e. The van der Waals surface area contributed by atoms with Crippen molar-refractivity contribution >= 4 is 46.4 Å². The number of hydrogen-bond donors (Lipinski definition) is 0. The summed E-state index contributed by atoms with van der Waals surface area (Å²) >= 11 is 0. The van der Waals surface area contributed by atoms with Gasteiger partial charge in [-0.2, -0.15) is 0 Å². The monoisotopic (exact) mass is 881 g/mol. The van der Waals surface area contributed by atoms with E-state index in [4.69, 9.17) is 14.9 Å². The Bertz CT molecular complexity index is 2690. The van der Waals surface area contributed by atoms with Gasteiger partial charge in [-0.15, -0.1) is 53.6 Å². The summed E-state index contributed by atoms with van der Waals surface area (Å²) in [6, 6.07) is 35.9. The molecule has 0 N–H and O–H groups in total. The molecule has 0 fully saturated rings. The Labute approximate surface area is 327 Å². The number of hydrogen-bond acceptors (Lipinski definition) is 4. The van der Waals surface area contributed by atoms with E-state index in [9.17, 15) is 0 Å². The van der Waals surface area contributed by atoms with E-state index < -0.39 is 20.8 Å². The molecule has 7 heteroatoms. The molecule has 0 saturated carbocycles. The molecule has 0 unspecified atom stereocenters. The molecular formula is C45H44IrN4OSi-2.